The number of nitrogens with zero attached hydrogens (tertiary/aromatic N) is 4. The van der Waals surface area contributed by atoms with E-state index in [-0.39, 0.29) is 56.7 Å². The number of para-hydroxylation sites is 6. The molecule has 92 heavy (non-hydrogen) atoms. The molecular weight excluding hydrogens is 1120 g/mol. The van der Waals surface area contributed by atoms with Crippen LogP contribution in [0.25, 0.3) is 72.1 Å². The lowest BCUT2D eigenvalue weighted by Crippen LogP contribution is -2.32. The van der Waals surface area contributed by atoms with Crippen LogP contribution in [0.5, 0.6) is 23.0 Å². The topological polar surface area (TPSA) is 42.8 Å². The Kier molecular flexibility index (Phi) is 11.3. The van der Waals surface area contributed by atoms with E-state index in [1.165, 1.54) is 39.4 Å². The highest BCUT2D eigenvalue weighted by Gasteiger charge is 2.51. The Morgan fingerprint density at radius 1 is 0.457 bits per heavy atom. The Bertz CT molecular complexity index is 5420. The Balaban J connectivity index is 0.829. The fourth-order valence-corrected chi connectivity index (χ4v) is 14.4. The molecule has 6 nitrogen and oxygen atoms in total. The predicted octanol–water partition coefficient (Wildman–Crippen LogP) is 22.9. The second-order valence-corrected chi connectivity index (χ2v) is 27.9. The highest BCUT2D eigenvalue weighted by atomic mass is 16.5. The van der Waals surface area contributed by atoms with Gasteiger partial charge in [0.05, 0.1) is 39.0 Å². The molecule has 16 rings (SSSR count). The Hall–Kier alpha value is -10.4. The first-order valence-corrected chi connectivity index (χ1v) is 31.8. The third kappa shape index (κ3) is 9.16. The number of rotatable bonds is 8. The SMILES string of the molecule is [2H]c1c([2H])c([2H])c2c(c1[2H])c1ccc(Oc3cccc(N4CN(c5c(-c6cc(C(C)(C)C)cc(C(C)(C)C)c6)cccc5-c5ccc6c(c5)C5(c7ccccc7Oc7ccccc75)c5ccccc5-6)c5ccccc54)c3)cc1n2-c1cc(C([2H])([2H])[2H])c(-c2ccc(C(C)(C)C)cc2)cn1. The number of hydrogen-bond donors (Lipinski definition) is 0. The van der Waals surface area contributed by atoms with Crippen molar-refractivity contribution < 1.29 is 19.1 Å². The average molecular weight is 1200 g/mol. The number of aromatic nitrogens is 2. The fraction of sp³-hybridized carbons (Fsp3) is 0.174. The predicted molar refractivity (Wildman–Crippen MR) is 382 cm³/mol. The molecule has 1 spiro atoms. The van der Waals surface area contributed by atoms with Gasteiger partial charge in [-0.25, -0.2) is 4.98 Å². The standard InChI is InChI=1S/C86H74N4O2/c1-54-45-81(87-52-70(54)55-37-40-58(41-38-55)83(2,3)4)90-75-32-16-12-26-68(75)69-44-42-63(51-78(69)90)91-62-24-21-23-61(50-62)88-53-89(77-34-18-17-33-76(77)88)82-64(27-22-28-65(82)57-46-59(84(5,6)7)49-60(47-57)85(8,9)10)56-39-43-67-66-25-11-13-29-71(66)86(74(67)48-56)72-30-14-19-35-79(72)92-80-36-20-15-31-73(80)86/h11-52H,53H2,1-10H3/i1D3,12D,16D,26D,32D. The van der Waals surface area contributed by atoms with Crippen molar-refractivity contribution in [3.63, 3.8) is 0 Å². The molecule has 2 aromatic heterocycles. The summed E-state index contributed by atoms with van der Waals surface area (Å²) in [5.41, 5.74) is 19.8. The van der Waals surface area contributed by atoms with Crippen molar-refractivity contribution in [3.8, 4) is 73.3 Å². The highest BCUT2D eigenvalue weighted by molar-refractivity contribution is 6.09. The summed E-state index contributed by atoms with van der Waals surface area (Å²) in [4.78, 5) is 9.72. The molecule has 0 bridgehead atoms. The van der Waals surface area contributed by atoms with Gasteiger partial charge in [-0.3, -0.25) is 4.57 Å². The van der Waals surface area contributed by atoms with Crippen LogP contribution in [0.15, 0.2) is 255 Å². The van der Waals surface area contributed by atoms with Crippen molar-refractivity contribution in [2.45, 2.75) is 90.8 Å². The maximum absolute atomic E-state index is 9.34. The largest absolute Gasteiger partial charge is 0.457 e. The minimum Gasteiger partial charge on any atom is -0.457 e. The van der Waals surface area contributed by atoms with Gasteiger partial charge in [0.1, 0.15) is 35.5 Å². The van der Waals surface area contributed by atoms with Crippen LogP contribution < -0.4 is 19.3 Å². The van der Waals surface area contributed by atoms with Crippen LogP contribution in [-0.2, 0) is 21.7 Å². The minimum absolute atomic E-state index is 0.0540. The molecule has 1 aliphatic carbocycles. The van der Waals surface area contributed by atoms with Gasteiger partial charge in [-0.15, -0.1) is 0 Å². The van der Waals surface area contributed by atoms with E-state index in [2.05, 4.69) is 230 Å². The number of anilines is 4. The van der Waals surface area contributed by atoms with Gasteiger partial charge < -0.3 is 19.3 Å². The first kappa shape index (κ1) is 49.4. The van der Waals surface area contributed by atoms with Gasteiger partial charge in [-0.1, -0.05) is 232 Å². The Morgan fingerprint density at radius 3 is 1.76 bits per heavy atom. The van der Waals surface area contributed by atoms with Gasteiger partial charge >= 0.3 is 0 Å². The summed E-state index contributed by atoms with van der Waals surface area (Å²) in [5, 5.41) is 0.804. The van der Waals surface area contributed by atoms with E-state index in [0.29, 0.717) is 40.2 Å². The maximum atomic E-state index is 9.34. The van der Waals surface area contributed by atoms with Gasteiger partial charge in [0.25, 0.3) is 0 Å². The molecule has 0 fully saturated rings. The zero-order valence-electron chi connectivity index (χ0n) is 60.3. The highest BCUT2D eigenvalue weighted by Crippen LogP contribution is 2.63. The molecule has 450 valence electrons. The summed E-state index contributed by atoms with van der Waals surface area (Å²) in [5.74, 6) is 2.83. The molecule has 0 amide bonds. The Labute approximate surface area is 550 Å². The van der Waals surface area contributed by atoms with E-state index < -0.39 is 18.3 Å². The lowest BCUT2D eigenvalue weighted by Gasteiger charge is -2.39. The number of pyridine rings is 1. The van der Waals surface area contributed by atoms with Crippen molar-refractivity contribution in [3.05, 3.63) is 299 Å². The minimum atomic E-state index is -2.58. The molecule has 13 aromatic rings. The summed E-state index contributed by atoms with van der Waals surface area (Å²) < 4.78 is 78.0. The summed E-state index contributed by atoms with van der Waals surface area (Å²) in [7, 11) is 0. The number of ether oxygens (including phenoxy) is 2. The number of aryl methyl sites for hydroxylation is 1. The van der Waals surface area contributed by atoms with Crippen LogP contribution in [0, 0.1) is 6.85 Å². The van der Waals surface area contributed by atoms with Crippen LogP contribution in [0.3, 0.4) is 0 Å². The molecule has 0 saturated carbocycles. The average Bonchev–Trinajstić information content (AvgIpc) is 1.65. The maximum Gasteiger partial charge on any atom is 0.137 e. The molecule has 0 unspecified atom stereocenters. The summed E-state index contributed by atoms with van der Waals surface area (Å²) in [6.07, 6.45) is 1.55. The molecular formula is C86H74N4O2. The normalized spacial score (nSPS) is 15.1. The van der Waals surface area contributed by atoms with Gasteiger partial charge in [-0.05, 0) is 151 Å². The molecule has 0 N–H and O–H groups in total. The second-order valence-electron chi connectivity index (χ2n) is 27.9. The molecule has 6 heteroatoms. The number of benzene rings is 11. The van der Waals surface area contributed by atoms with Gasteiger partial charge in [0, 0.05) is 66.7 Å². The zero-order chi connectivity index (χ0) is 69.0. The van der Waals surface area contributed by atoms with Crippen LogP contribution in [0.1, 0.15) is 116 Å². The first-order chi connectivity index (χ1) is 47.3. The van der Waals surface area contributed by atoms with E-state index >= 15 is 0 Å². The molecule has 2 aliphatic heterocycles. The summed E-state index contributed by atoms with van der Waals surface area (Å²) >= 11 is 0. The van der Waals surface area contributed by atoms with E-state index in [4.69, 9.17) is 21.3 Å². The fourth-order valence-electron chi connectivity index (χ4n) is 14.4. The quantitative estimate of drug-likeness (QED) is 0.152. The second kappa shape index (κ2) is 21.1. The van der Waals surface area contributed by atoms with Crippen molar-refractivity contribution >= 4 is 44.6 Å². The molecule has 0 atom stereocenters. The van der Waals surface area contributed by atoms with Crippen molar-refractivity contribution in [1.29, 1.82) is 0 Å². The third-order valence-corrected chi connectivity index (χ3v) is 19.1. The van der Waals surface area contributed by atoms with E-state index in [1.807, 2.05) is 42.5 Å². The first-order valence-electron chi connectivity index (χ1n) is 35.3. The van der Waals surface area contributed by atoms with Crippen LogP contribution in [-0.4, -0.2) is 16.2 Å². The zero-order valence-corrected chi connectivity index (χ0v) is 53.3. The smallest absolute Gasteiger partial charge is 0.137 e. The van der Waals surface area contributed by atoms with Crippen molar-refractivity contribution in [2.75, 3.05) is 16.5 Å². The number of fused-ring (bicyclic) bond motifs is 13. The number of hydrogen-bond acceptors (Lipinski definition) is 5. The summed E-state index contributed by atoms with van der Waals surface area (Å²) in [6, 6.07) is 77.1. The van der Waals surface area contributed by atoms with Crippen LogP contribution in [0.2, 0.25) is 0 Å². The molecule has 3 aliphatic rings. The van der Waals surface area contributed by atoms with Crippen molar-refractivity contribution in [1.82, 2.24) is 9.55 Å². The summed E-state index contributed by atoms with van der Waals surface area (Å²) in [6.45, 7) is 18.0. The van der Waals surface area contributed by atoms with Gasteiger partial charge in [0.15, 0.2) is 0 Å². The Morgan fingerprint density at radius 2 is 1.05 bits per heavy atom. The lowest BCUT2D eigenvalue weighted by molar-refractivity contribution is 0.436. The van der Waals surface area contributed by atoms with Gasteiger partial charge in [0.2, 0.25) is 0 Å². The van der Waals surface area contributed by atoms with Crippen LogP contribution in [0.4, 0.5) is 22.7 Å². The molecule has 4 heterocycles. The molecule has 0 saturated heterocycles. The van der Waals surface area contributed by atoms with Crippen LogP contribution >= 0.6 is 0 Å². The monoisotopic (exact) mass is 1200 g/mol. The molecule has 0 radical (unpaired) electrons. The van der Waals surface area contributed by atoms with Crippen molar-refractivity contribution in [2.24, 2.45) is 0 Å². The third-order valence-electron chi connectivity index (χ3n) is 19.1. The van der Waals surface area contributed by atoms with E-state index in [0.717, 1.165) is 73.2 Å². The molecule has 11 aromatic carbocycles. The lowest BCUT2D eigenvalue weighted by atomic mass is 9.66. The van der Waals surface area contributed by atoms with E-state index in [1.54, 1.807) is 29.0 Å². The van der Waals surface area contributed by atoms with E-state index in [9.17, 15) is 2.74 Å². The van der Waals surface area contributed by atoms with Gasteiger partial charge in [-0.2, -0.15) is 0 Å².